The van der Waals surface area contributed by atoms with Gasteiger partial charge in [0.2, 0.25) is 5.91 Å². The SMILES string of the molecule is Cc1cc(NC(=O)C2(c3ccccc3)CC2(C)C)ncn1. The first-order valence-corrected chi connectivity index (χ1v) is 7.11. The molecule has 1 N–H and O–H groups in total. The molecule has 21 heavy (non-hydrogen) atoms. The normalized spacial score (nSPS) is 22.6. The number of anilines is 1. The molecule has 1 atom stereocenters. The second kappa shape index (κ2) is 4.65. The summed E-state index contributed by atoms with van der Waals surface area (Å²) in [5, 5.41) is 2.95. The van der Waals surface area contributed by atoms with E-state index in [1.54, 1.807) is 6.07 Å². The second-order valence-electron chi connectivity index (χ2n) is 6.33. The first kappa shape index (κ1) is 13.7. The number of nitrogens with zero attached hydrogens (tertiary/aromatic N) is 2. The fraction of sp³-hybridized carbons (Fsp3) is 0.353. The van der Waals surface area contributed by atoms with Crippen LogP contribution >= 0.6 is 0 Å². The van der Waals surface area contributed by atoms with E-state index in [9.17, 15) is 4.79 Å². The highest BCUT2D eigenvalue weighted by molar-refractivity contribution is 6.02. The number of hydrogen-bond acceptors (Lipinski definition) is 3. The van der Waals surface area contributed by atoms with Crippen molar-refractivity contribution in [2.45, 2.75) is 32.6 Å². The van der Waals surface area contributed by atoms with Crippen LogP contribution in [0.2, 0.25) is 0 Å². The van der Waals surface area contributed by atoms with E-state index in [1.807, 2.05) is 37.3 Å². The molecule has 0 radical (unpaired) electrons. The number of hydrogen-bond donors (Lipinski definition) is 1. The van der Waals surface area contributed by atoms with Gasteiger partial charge in [-0.2, -0.15) is 0 Å². The first-order chi connectivity index (χ1) is 9.96. The zero-order valence-electron chi connectivity index (χ0n) is 12.6. The highest BCUT2D eigenvalue weighted by Gasteiger charge is 2.67. The molecule has 1 heterocycles. The van der Waals surface area contributed by atoms with E-state index in [2.05, 4.69) is 29.1 Å². The van der Waals surface area contributed by atoms with Crippen LogP contribution in [0.4, 0.5) is 5.82 Å². The smallest absolute Gasteiger partial charge is 0.236 e. The van der Waals surface area contributed by atoms with Gasteiger partial charge in [0.1, 0.15) is 12.1 Å². The summed E-state index contributed by atoms with van der Waals surface area (Å²) in [5.74, 6) is 0.572. The zero-order chi connectivity index (χ0) is 15.1. The maximum absolute atomic E-state index is 12.9. The molecule has 1 saturated carbocycles. The molecular weight excluding hydrogens is 262 g/mol. The van der Waals surface area contributed by atoms with Crippen LogP contribution < -0.4 is 5.32 Å². The number of carbonyl (C=O) groups is 1. The van der Waals surface area contributed by atoms with Crippen LogP contribution in [0.3, 0.4) is 0 Å². The summed E-state index contributed by atoms with van der Waals surface area (Å²) in [4.78, 5) is 21.0. The molecule has 1 unspecified atom stereocenters. The van der Waals surface area contributed by atoms with Gasteiger partial charge >= 0.3 is 0 Å². The van der Waals surface area contributed by atoms with Crippen molar-refractivity contribution in [3.63, 3.8) is 0 Å². The molecule has 1 amide bonds. The standard InChI is InChI=1S/C17H19N3O/c1-12-9-14(19-11-18-12)20-15(21)17(10-16(17,2)3)13-7-5-4-6-8-13/h4-9,11H,10H2,1-3H3,(H,18,19,20,21). The Morgan fingerprint density at radius 3 is 2.43 bits per heavy atom. The van der Waals surface area contributed by atoms with Crippen molar-refractivity contribution in [1.82, 2.24) is 9.97 Å². The van der Waals surface area contributed by atoms with Gasteiger partial charge in [-0.1, -0.05) is 44.2 Å². The molecule has 0 bridgehead atoms. The summed E-state index contributed by atoms with van der Waals surface area (Å²) < 4.78 is 0. The fourth-order valence-corrected chi connectivity index (χ4v) is 3.10. The van der Waals surface area contributed by atoms with E-state index < -0.39 is 5.41 Å². The van der Waals surface area contributed by atoms with Crippen molar-refractivity contribution in [3.8, 4) is 0 Å². The van der Waals surface area contributed by atoms with Crippen molar-refractivity contribution in [2.75, 3.05) is 5.32 Å². The maximum Gasteiger partial charge on any atom is 0.236 e. The van der Waals surface area contributed by atoms with Crippen LogP contribution in [-0.2, 0) is 10.2 Å². The molecule has 0 spiro atoms. The Balaban J connectivity index is 1.91. The van der Waals surface area contributed by atoms with Gasteiger partial charge in [0.15, 0.2) is 0 Å². The van der Waals surface area contributed by atoms with Gasteiger partial charge < -0.3 is 5.32 Å². The van der Waals surface area contributed by atoms with E-state index in [4.69, 9.17) is 0 Å². The lowest BCUT2D eigenvalue weighted by Crippen LogP contribution is -2.32. The van der Waals surface area contributed by atoms with Gasteiger partial charge in [0, 0.05) is 11.8 Å². The lowest BCUT2D eigenvalue weighted by atomic mass is 9.87. The number of benzene rings is 1. The molecular formula is C17H19N3O. The van der Waals surface area contributed by atoms with Gasteiger partial charge in [-0.25, -0.2) is 9.97 Å². The predicted octanol–water partition coefficient (Wildman–Crippen LogP) is 3.09. The molecule has 1 aromatic carbocycles. The largest absolute Gasteiger partial charge is 0.310 e. The van der Waals surface area contributed by atoms with Crippen LogP contribution in [0.15, 0.2) is 42.7 Å². The number of aryl methyl sites for hydroxylation is 1. The molecule has 1 aromatic heterocycles. The third kappa shape index (κ3) is 2.20. The van der Waals surface area contributed by atoms with Crippen LogP contribution in [0.5, 0.6) is 0 Å². The van der Waals surface area contributed by atoms with E-state index in [0.29, 0.717) is 5.82 Å². The third-order valence-electron chi connectivity index (χ3n) is 4.44. The molecule has 4 heteroatoms. The fourth-order valence-electron chi connectivity index (χ4n) is 3.10. The van der Waals surface area contributed by atoms with E-state index in [-0.39, 0.29) is 11.3 Å². The summed E-state index contributed by atoms with van der Waals surface area (Å²) >= 11 is 0. The molecule has 0 saturated heterocycles. The number of amides is 1. The molecule has 4 nitrogen and oxygen atoms in total. The van der Waals surface area contributed by atoms with Crippen LogP contribution in [0, 0.1) is 12.3 Å². The average molecular weight is 281 g/mol. The summed E-state index contributed by atoms with van der Waals surface area (Å²) in [6.45, 7) is 6.14. The van der Waals surface area contributed by atoms with Gasteiger partial charge in [-0.05, 0) is 24.3 Å². The zero-order valence-corrected chi connectivity index (χ0v) is 12.6. The first-order valence-electron chi connectivity index (χ1n) is 7.11. The molecule has 1 fully saturated rings. The average Bonchev–Trinajstić information content (AvgIpc) is 3.04. The number of carbonyl (C=O) groups excluding carboxylic acids is 1. The third-order valence-corrected chi connectivity index (χ3v) is 4.44. The maximum atomic E-state index is 12.9. The lowest BCUT2D eigenvalue weighted by molar-refractivity contribution is -0.119. The van der Waals surface area contributed by atoms with Crippen molar-refractivity contribution in [3.05, 3.63) is 54.0 Å². The van der Waals surface area contributed by atoms with Crippen LogP contribution in [0.1, 0.15) is 31.5 Å². The Morgan fingerprint density at radius 1 is 1.19 bits per heavy atom. The molecule has 3 rings (SSSR count). The van der Waals surface area contributed by atoms with Gasteiger partial charge in [-0.3, -0.25) is 4.79 Å². The Morgan fingerprint density at radius 2 is 1.86 bits per heavy atom. The topological polar surface area (TPSA) is 54.9 Å². The highest BCUT2D eigenvalue weighted by atomic mass is 16.2. The highest BCUT2D eigenvalue weighted by Crippen LogP contribution is 2.64. The van der Waals surface area contributed by atoms with Gasteiger partial charge in [0.25, 0.3) is 0 Å². The van der Waals surface area contributed by atoms with E-state index >= 15 is 0 Å². The number of nitrogens with one attached hydrogen (secondary N) is 1. The van der Waals surface area contributed by atoms with E-state index in [0.717, 1.165) is 17.7 Å². The minimum absolute atomic E-state index is 0.0109. The summed E-state index contributed by atoms with van der Waals surface area (Å²) in [6.07, 6.45) is 2.32. The molecule has 108 valence electrons. The van der Waals surface area contributed by atoms with Crippen molar-refractivity contribution >= 4 is 11.7 Å². The minimum atomic E-state index is -0.465. The minimum Gasteiger partial charge on any atom is -0.310 e. The predicted molar refractivity (Wildman–Crippen MR) is 81.9 cm³/mol. The number of rotatable bonds is 3. The number of aromatic nitrogens is 2. The van der Waals surface area contributed by atoms with Crippen molar-refractivity contribution < 1.29 is 4.79 Å². The quantitative estimate of drug-likeness (QED) is 0.940. The molecule has 2 aromatic rings. The Labute approximate surface area is 124 Å². The summed E-state index contributed by atoms with van der Waals surface area (Å²) in [5.41, 5.74) is 1.40. The summed E-state index contributed by atoms with van der Waals surface area (Å²) in [6, 6.07) is 11.8. The van der Waals surface area contributed by atoms with Crippen LogP contribution in [-0.4, -0.2) is 15.9 Å². The second-order valence-corrected chi connectivity index (χ2v) is 6.33. The van der Waals surface area contributed by atoms with Crippen molar-refractivity contribution in [1.29, 1.82) is 0 Å². The Bertz CT molecular complexity index is 681. The summed E-state index contributed by atoms with van der Waals surface area (Å²) in [7, 11) is 0. The molecule has 1 aliphatic rings. The molecule has 0 aliphatic heterocycles. The lowest BCUT2D eigenvalue weighted by Gasteiger charge is -2.20. The molecule has 1 aliphatic carbocycles. The van der Waals surface area contributed by atoms with Gasteiger partial charge in [-0.15, -0.1) is 0 Å². The van der Waals surface area contributed by atoms with Crippen LogP contribution in [0.25, 0.3) is 0 Å². The van der Waals surface area contributed by atoms with Gasteiger partial charge in [0.05, 0.1) is 5.41 Å². The van der Waals surface area contributed by atoms with E-state index in [1.165, 1.54) is 6.33 Å². The van der Waals surface area contributed by atoms with Crippen molar-refractivity contribution in [2.24, 2.45) is 5.41 Å². The monoisotopic (exact) mass is 281 g/mol. The Hall–Kier alpha value is -2.23. The Kier molecular flexibility index (Phi) is 3.04.